The summed E-state index contributed by atoms with van der Waals surface area (Å²) in [6.45, 7) is 4.47. The zero-order chi connectivity index (χ0) is 18.8. The van der Waals surface area contributed by atoms with Crippen LogP contribution < -0.4 is 11.2 Å². The molecule has 0 bridgehead atoms. The number of halogens is 1. The highest BCUT2D eigenvalue weighted by molar-refractivity contribution is 9.10. The van der Waals surface area contributed by atoms with Crippen LogP contribution in [-0.4, -0.2) is 18.7 Å². The summed E-state index contributed by atoms with van der Waals surface area (Å²) in [7, 11) is 1.61. The minimum atomic E-state index is -0.436. The maximum absolute atomic E-state index is 13.0. The van der Waals surface area contributed by atoms with Gasteiger partial charge in [0.2, 0.25) is 0 Å². The first-order valence-electron chi connectivity index (χ1n) is 8.14. The van der Waals surface area contributed by atoms with Crippen molar-refractivity contribution in [2.24, 2.45) is 7.05 Å². The lowest BCUT2D eigenvalue weighted by molar-refractivity contribution is 0.775. The fraction of sp³-hybridized carbons (Fsp3) is 0.211. The standard InChI is InChI=1S/C19H19BrN4O2/c1-13(2)9-11-23-15-16(21-18(23)20)22(3)19(26)24(17(15)25)12-10-14-7-5-4-6-8-14/h4-10,12H,11H2,1-3H3/b12-10+. The first-order chi connectivity index (χ1) is 12.4. The lowest BCUT2D eigenvalue weighted by Crippen LogP contribution is -2.36. The Kier molecular flexibility index (Phi) is 5.08. The van der Waals surface area contributed by atoms with Crippen LogP contribution >= 0.6 is 15.9 Å². The van der Waals surface area contributed by atoms with Crippen molar-refractivity contribution in [1.29, 1.82) is 0 Å². The van der Waals surface area contributed by atoms with Crippen LogP contribution in [0.1, 0.15) is 19.4 Å². The fourth-order valence-corrected chi connectivity index (χ4v) is 3.10. The van der Waals surface area contributed by atoms with E-state index in [2.05, 4.69) is 20.9 Å². The van der Waals surface area contributed by atoms with Crippen LogP contribution in [0.3, 0.4) is 0 Å². The summed E-state index contributed by atoms with van der Waals surface area (Å²) in [6.07, 6.45) is 5.24. The average molecular weight is 415 g/mol. The molecule has 0 saturated carbocycles. The van der Waals surface area contributed by atoms with E-state index in [-0.39, 0.29) is 0 Å². The van der Waals surface area contributed by atoms with Gasteiger partial charge in [0.15, 0.2) is 15.9 Å². The second-order valence-electron chi connectivity index (χ2n) is 6.19. The van der Waals surface area contributed by atoms with Gasteiger partial charge in [-0.2, -0.15) is 0 Å². The van der Waals surface area contributed by atoms with Gasteiger partial charge in [-0.3, -0.25) is 9.36 Å². The number of benzene rings is 1. The molecule has 2 aromatic heterocycles. The van der Waals surface area contributed by atoms with E-state index in [9.17, 15) is 9.59 Å². The van der Waals surface area contributed by atoms with E-state index in [1.165, 1.54) is 10.8 Å². The quantitative estimate of drug-likeness (QED) is 0.486. The predicted molar refractivity (Wildman–Crippen MR) is 108 cm³/mol. The minimum Gasteiger partial charge on any atom is -0.309 e. The summed E-state index contributed by atoms with van der Waals surface area (Å²) in [4.78, 5) is 30.0. The molecule has 1 aromatic carbocycles. The van der Waals surface area contributed by atoms with Gasteiger partial charge < -0.3 is 4.57 Å². The van der Waals surface area contributed by atoms with Crippen LogP contribution in [0.4, 0.5) is 0 Å². The van der Waals surface area contributed by atoms with Gasteiger partial charge in [-0.25, -0.2) is 14.3 Å². The first-order valence-corrected chi connectivity index (χ1v) is 8.93. The summed E-state index contributed by atoms with van der Waals surface area (Å²) < 4.78 is 4.77. The van der Waals surface area contributed by atoms with Crippen LogP contribution in [0.2, 0.25) is 0 Å². The van der Waals surface area contributed by atoms with E-state index in [4.69, 9.17) is 0 Å². The molecule has 7 heteroatoms. The summed E-state index contributed by atoms with van der Waals surface area (Å²) in [5.41, 5.74) is 1.95. The molecule has 0 atom stereocenters. The SMILES string of the molecule is CC(C)=CCn1c(Br)nc2c1c(=O)n(/C=C/c1ccccc1)c(=O)n2C. The lowest BCUT2D eigenvalue weighted by atomic mass is 10.2. The number of imidazole rings is 1. The monoisotopic (exact) mass is 414 g/mol. The van der Waals surface area contributed by atoms with Crippen molar-refractivity contribution in [1.82, 2.24) is 18.7 Å². The zero-order valence-corrected chi connectivity index (χ0v) is 16.4. The molecule has 26 heavy (non-hydrogen) atoms. The fourth-order valence-electron chi connectivity index (χ4n) is 2.61. The Morgan fingerprint density at radius 1 is 1.19 bits per heavy atom. The highest BCUT2D eigenvalue weighted by atomic mass is 79.9. The van der Waals surface area contributed by atoms with Gasteiger partial charge in [0.05, 0.1) is 0 Å². The molecule has 0 aliphatic carbocycles. The number of allylic oxidation sites excluding steroid dienone is 2. The normalized spacial score (nSPS) is 11.4. The maximum atomic E-state index is 13.0. The smallest absolute Gasteiger partial charge is 0.309 e. The Bertz CT molecular complexity index is 1130. The molecule has 0 aliphatic rings. The Labute approximate surface area is 158 Å². The van der Waals surface area contributed by atoms with Crippen molar-refractivity contribution in [3.63, 3.8) is 0 Å². The molecule has 0 radical (unpaired) electrons. The average Bonchev–Trinajstić information content (AvgIpc) is 2.95. The first kappa shape index (κ1) is 18.1. The Morgan fingerprint density at radius 3 is 2.54 bits per heavy atom. The van der Waals surface area contributed by atoms with Crippen molar-refractivity contribution >= 4 is 39.4 Å². The summed E-state index contributed by atoms with van der Waals surface area (Å²) in [6, 6.07) is 9.51. The van der Waals surface area contributed by atoms with Gasteiger partial charge in [0, 0.05) is 19.8 Å². The second-order valence-corrected chi connectivity index (χ2v) is 6.90. The third-order valence-electron chi connectivity index (χ3n) is 4.03. The molecule has 2 heterocycles. The number of aryl methyl sites for hydroxylation is 1. The Balaban J connectivity index is 2.23. The number of hydrogen-bond donors (Lipinski definition) is 0. The lowest BCUT2D eigenvalue weighted by Gasteiger charge is -2.06. The Morgan fingerprint density at radius 2 is 1.88 bits per heavy atom. The molecule has 3 aromatic rings. The van der Waals surface area contributed by atoms with E-state index in [1.807, 2.05) is 50.3 Å². The van der Waals surface area contributed by atoms with E-state index in [0.29, 0.717) is 22.4 Å². The topological polar surface area (TPSA) is 61.8 Å². The number of hydrogen-bond acceptors (Lipinski definition) is 3. The minimum absolute atomic E-state index is 0.360. The summed E-state index contributed by atoms with van der Waals surface area (Å²) in [5.74, 6) is 0. The van der Waals surface area contributed by atoms with Crippen molar-refractivity contribution in [3.05, 3.63) is 73.1 Å². The van der Waals surface area contributed by atoms with Crippen molar-refractivity contribution < 1.29 is 0 Å². The van der Waals surface area contributed by atoms with Crippen LogP contribution in [0.25, 0.3) is 23.4 Å². The van der Waals surface area contributed by atoms with Crippen LogP contribution in [0, 0.1) is 0 Å². The zero-order valence-electron chi connectivity index (χ0n) is 14.8. The molecule has 6 nitrogen and oxygen atoms in total. The molecule has 0 unspecified atom stereocenters. The van der Waals surface area contributed by atoms with Crippen molar-refractivity contribution in [2.45, 2.75) is 20.4 Å². The highest BCUT2D eigenvalue weighted by Crippen LogP contribution is 2.16. The van der Waals surface area contributed by atoms with E-state index in [1.54, 1.807) is 17.7 Å². The predicted octanol–water partition coefficient (Wildman–Crippen LogP) is 3.25. The Hall–Kier alpha value is -2.67. The van der Waals surface area contributed by atoms with Crippen molar-refractivity contribution in [3.8, 4) is 0 Å². The van der Waals surface area contributed by atoms with Gasteiger partial charge >= 0.3 is 5.69 Å². The molecule has 3 rings (SSSR count). The molecule has 0 saturated heterocycles. The molecule has 0 spiro atoms. The van der Waals surface area contributed by atoms with Gasteiger partial charge in [0.25, 0.3) is 5.56 Å². The van der Waals surface area contributed by atoms with Crippen LogP contribution in [-0.2, 0) is 13.6 Å². The molecule has 134 valence electrons. The van der Waals surface area contributed by atoms with E-state index in [0.717, 1.165) is 15.7 Å². The van der Waals surface area contributed by atoms with Gasteiger partial charge in [-0.1, -0.05) is 42.0 Å². The van der Waals surface area contributed by atoms with Crippen LogP contribution in [0.15, 0.2) is 56.3 Å². The third kappa shape index (κ3) is 3.35. The highest BCUT2D eigenvalue weighted by Gasteiger charge is 2.17. The number of aromatic nitrogens is 4. The van der Waals surface area contributed by atoms with E-state index < -0.39 is 11.2 Å². The summed E-state index contributed by atoms with van der Waals surface area (Å²) in [5, 5.41) is 0. The summed E-state index contributed by atoms with van der Waals surface area (Å²) >= 11 is 3.39. The second kappa shape index (κ2) is 7.29. The molecular weight excluding hydrogens is 396 g/mol. The molecule has 0 N–H and O–H groups in total. The number of fused-ring (bicyclic) bond motifs is 1. The largest absolute Gasteiger partial charge is 0.336 e. The maximum Gasteiger partial charge on any atom is 0.336 e. The van der Waals surface area contributed by atoms with Crippen molar-refractivity contribution in [2.75, 3.05) is 0 Å². The third-order valence-corrected chi connectivity index (χ3v) is 4.64. The number of nitrogens with zero attached hydrogens (tertiary/aromatic N) is 4. The van der Waals surface area contributed by atoms with Gasteiger partial charge in [-0.05, 0) is 41.4 Å². The van der Waals surface area contributed by atoms with Gasteiger partial charge in [0.1, 0.15) is 0 Å². The molecule has 0 fully saturated rings. The molecule has 0 aliphatic heterocycles. The van der Waals surface area contributed by atoms with Crippen LogP contribution in [0.5, 0.6) is 0 Å². The molecule has 0 amide bonds. The van der Waals surface area contributed by atoms with Gasteiger partial charge in [-0.15, -0.1) is 0 Å². The molecular formula is C19H19BrN4O2. The van der Waals surface area contributed by atoms with E-state index >= 15 is 0 Å². The number of rotatable bonds is 4.